The van der Waals surface area contributed by atoms with Crippen LogP contribution in [0, 0.1) is 5.82 Å². The van der Waals surface area contributed by atoms with E-state index in [1.807, 2.05) is 6.07 Å². The second-order valence-electron chi connectivity index (χ2n) is 3.71. The average Bonchev–Trinajstić information content (AvgIpc) is 2.28. The summed E-state index contributed by atoms with van der Waals surface area (Å²) in [6, 6.07) is 5.69. The van der Waals surface area contributed by atoms with Crippen LogP contribution in [0.2, 0.25) is 0 Å². The van der Waals surface area contributed by atoms with Crippen molar-refractivity contribution in [3.05, 3.63) is 29.6 Å². The number of anilines is 1. The van der Waals surface area contributed by atoms with Gasteiger partial charge in [0.15, 0.2) is 0 Å². The van der Waals surface area contributed by atoms with Gasteiger partial charge in [0.05, 0.1) is 5.69 Å². The van der Waals surface area contributed by atoms with Gasteiger partial charge in [-0.1, -0.05) is 12.1 Å². The number of para-hydroxylation sites is 1. The summed E-state index contributed by atoms with van der Waals surface area (Å²) in [5.41, 5.74) is 1.83. The number of aryl methyl sites for hydroxylation is 1. The third-order valence-electron chi connectivity index (χ3n) is 2.57. The van der Waals surface area contributed by atoms with E-state index in [4.69, 9.17) is 0 Å². The van der Waals surface area contributed by atoms with Crippen LogP contribution in [0.1, 0.15) is 25.3 Å². The molecule has 0 radical (unpaired) electrons. The van der Waals surface area contributed by atoms with E-state index in [1.165, 1.54) is 6.07 Å². The van der Waals surface area contributed by atoms with Crippen molar-refractivity contribution < 1.29 is 4.39 Å². The van der Waals surface area contributed by atoms with E-state index < -0.39 is 0 Å². The number of hydrogen-bond donors (Lipinski definition) is 1. The molecule has 70 valence electrons. The molecule has 0 bridgehead atoms. The Labute approximate surface area is 78.0 Å². The Kier molecular flexibility index (Phi) is 2.21. The highest BCUT2D eigenvalue weighted by molar-refractivity contribution is 5.53. The molecule has 0 amide bonds. The van der Waals surface area contributed by atoms with E-state index in [0.717, 1.165) is 24.8 Å². The van der Waals surface area contributed by atoms with Gasteiger partial charge in [-0.2, -0.15) is 0 Å². The SMILES string of the molecule is CC1CCCc2cccc(F)c2N1. The predicted octanol–water partition coefficient (Wildman–Crippen LogP) is 2.96. The Balaban J connectivity index is 2.40. The van der Waals surface area contributed by atoms with Crippen LogP contribution in [0.4, 0.5) is 10.1 Å². The topological polar surface area (TPSA) is 12.0 Å². The molecular weight excluding hydrogens is 165 g/mol. The lowest BCUT2D eigenvalue weighted by atomic mass is 10.1. The minimum absolute atomic E-state index is 0.119. The normalized spacial score (nSPS) is 21.5. The predicted molar refractivity (Wildman–Crippen MR) is 52.4 cm³/mol. The van der Waals surface area contributed by atoms with Gasteiger partial charge in [0.1, 0.15) is 5.82 Å². The van der Waals surface area contributed by atoms with Gasteiger partial charge >= 0.3 is 0 Å². The Morgan fingerprint density at radius 3 is 3.15 bits per heavy atom. The second kappa shape index (κ2) is 3.36. The van der Waals surface area contributed by atoms with Gasteiger partial charge in [-0.25, -0.2) is 4.39 Å². The molecule has 2 rings (SSSR count). The molecule has 1 heterocycles. The van der Waals surface area contributed by atoms with Crippen molar-refractivity contribution in [2.45, 2.75) is 32.2 Å². The van der Waals surface area contributed by atoms with Crippen molar-refractivity contribution in [1.29, 1.82) is 0 Å². The van der Waals surface area contributed by atoms with Crippen LogP contribution in [-0.4, -0.2) is 6.04 Å². The molecule has 0 fully saturated rings. The number of hydrogen-bond acceptors (Lipinski definition) is 1. The summed E-state index contributed by atoms with van der Waals surface area (Å²) in [4.78, 5) is 0. The van der Waals surface area contributed by atoms with Crippen LogP contribution >= 0.6 is 0 Å². The zero-order valence-electron chi connectivity index (χ0n) is 7.81. The van der Waals surface area contributed by atoms with Crippen molar-refractivity contribution >= 4 is 5.69 Å². The monoisotopic (exact) mass is 179 g/mol. The summed E-state index contributed by atoms with van der Waals surface area (Å²) in [5.74, 6) is -0.119. The lowest BCUT2D eigenvalue weighted by molar-refractivity contribution is 0.625. The number of halogens is 1. The van der Waals surface area contributed by atoms with Gasteiger partial charge in [0.25, 0.3) is 0 Å². The van der Waals surface area contributed by atoms with Crippen molar-refractivity contribution in [3.8, 4) is 0 Å². The molecule has 1 aromatic carbocycles. The molecule has 1 N–H and O–H groups in total. The quantitative estimate of drug-likeness (QED) is 0.645. The van der Waals surface area contributed by atoms with Crippen LogP contribution in [0.3, 0.4) is 0 Å². The maximum absolute atomic E-state index is 13.4. The summed E-state index contributed by atoms with van der Waals surface area (Å²) in [6.45, 7) is 2.10. The largest absolute Gasteiger partial charge is 0.380 e. The van der Waals surface area contributed by atoms with E-state index in [9.17, 15) is 4.39 Å². The fourth-order valence-corrected chi connectivity index (χ4v) is 1.86. The van der Waals surface area contributed by atoms with E-state index in [0.29, 0.717) is 11.7 Å². The highest BCUT2D eigenvalue weighted by atomic mass is 19.1. The van der Waals surface area contributed by atoms with Gasteiger partial charge in [-0.15, -0.1) is 0 Å². The van der Waals surface area contributed by atoms with E-state index in [1.54, 1.807) is 6.07 Å². The first-order valence-electron chi connectivity index (χ1n) is 4.81. The fourth-order valence-electron chi connectivity index (χ4n) is 1.86. The van der Waals surface area contributed by atoms with Crippen LogP contribution in [0.25, 0.3) is 0 Å². The number of fused-ring (bicyclic) bond motifs is 1. The van der Waals surface area contributed by atoms with E-state index >= 15 is 0 Å². The van der Waals surface area contributed by atoms with Crippen LogP contribution < -0.4 is 5.32 Å². The van der Waals surface area contributed by atoms with Gasteiger partial charge in [-0.3, -0.25) is 0 Å². The molecule has 1 nitrogen and oxygen atoms in total. The molecule has 1 aromatic rings. The van der Waals surface area contributed by atoms with E-state index in [-0.39, 0.29) is 5.82 Å². The van der Waals surface area contributed by atoms with Crippen LogP contribution in [0.5, 0.6) is 0 Å². The van der Waals surface area contributed by atoms with Gasteiger partial charge in [0.2, 0.25) is 0 Å². The van der Waals surface area contributed by atoms with Crippen molar-refractivity contribution in [1.82, 2.24) is 0 Å². The Hall–Kier alpha value is -1.05. The third-order valence-corrected chi connectivity index (χ3v) is 2.57. The molecular formula is C11H14FN. The maximum Gasteiger partial charge on any atom is 0.146 e. The summed E-state index contributed by atoms with van der Waals surface area (Å²) >= 11 is 0. The van der Waals surface area contributed by atoms with Crippen LogP contribution in [0.15, 0.2) is 18.2 Å². The maximum atomic E-state index is 13.4. The Morgan fingerprint density at radius 1 is 1.46 bits per heavy atom. The number of benzene rings is 1. The molecule has 0 aliphatic carbocycles. The molecule has 1 atom stereocenters. The molecule has 1 unspecified atom stereocenters. The molecule has 0 saturated carbocycles. The first kappa shape index (κ1) is 8.54. The standard InChI is InChI=1S/C11H14FN/c1-8-4-2-5-9-6-3-7-10(12)11(9)13-8/h3,6-8,13H,2,4-5H2,1H3. The minimum Gasteiger partial charge on any atom is -0.380 e. The first-order valence-corrected chi connectivity index (χ1v) is 4.81. The van der Waals surface area contributed by atoms with Crippen LogP contribution in [-0.2, 0) is 6.42 Å². The van der Waals surface area contributed by atoms with Crippen molar-refractivity contribution in [2.24, 2.45) is 0 Å². The second-order valence-corrected chi connectivity index (χ2v) is 3.71. The lowest BCUT2D eigenvalue weighted by Crippen LogP contribution is -2.14. The molecule has 0 aromatic heterocycles. The van der Waals surface area contributed by atoms with Crippen molar-refractivity contribution in [2.75, 3.05) is 5.32 Å². The van der Waals surface area contributed by atoms with Crippen molar-refractivity contribution in [3.63, 3.8) is 0 Å². The zero-order chi connectivity index (χ0) is 9.26. The summed E-state index contributed by atoms with van der Waals surface area (Å²) in [5, 5.41) is 3.22. The Morgan fingerprint density at radius 2 is 2.31 bits per heavy atom. The molecule has 0 saturated heterocycles. The molecule has 1 aliphatic rings. The fraction of sp³-hybridized carbons (Fsp3) is 0.455. The minimum atomic E-state index is -0.119. The highest BCUT2D eigenvalue weighted by Gasteiger charge is 2.14. The molecule has 1 aliphatic heterocycles. The molecule has 13 heavy (non-hydrogen) atoms. The summed E-state index contributed by atoms with van der Waals surface area (Å²) in [6.07, 6.45) is 3.25. The highest BCUT2D eigenvalue weighted by Crippen LogP contribution is 2.26. The molecule has 0 spiro atoms. The molecule has 2 heteroatoms. The average molecular weight is 179 g/mol. The number of nitrogens with one attached hydrogen (secondary N) is 1. The van der Waals surface area contributed by atoms with Gasteiger partial charge in [0, 0.05) is 6.04 Å². The van der Waals surface area contributed by atoms with E-state index in [2.05, 4.69) is 12.2 Å². The summed E-state index contributed by atoms with van der Waals surface area (Å²) in [7, 11) is 0. The smallest absolute Gasteiger partial charge is 0.146 e. The van der Waals surface area contributed by atoms with Gasteiger partial charge < -0.3 is 5.32 Å². The summed E-state index contributed by atoms with van der Waals surface area (Å²) < 4.78 is 13.4. The number of rotatable bonds is 0. The zero-order valence-corrected chi connectivity index (χ0v) is 7.81. The first-order chi connectivity index (χ1) is 6.27. The Bertz CT molecular complexity index is 309. The lowest BCUT2D eigenvalue weighted by Gasteiger charge is -2.13. The van der Waals surface area contributed by atoms with Gasteiger partial charge in [-0.05, 0) is 37.8 Å². The third kappa shape index (κ3) is 1.67.